The molecule has 2 rings (SSSR count). The van der Waals surface area contributed by atoms with Crippen molar-refractivity contribution < 1.29 is 19.4 Å². The highest BCUT2D eigenvalue weighted by molar-refractivity contribution is 5.81. The third kappa shape index (κ3) is 5.20. The van der Waals surface area contributed by atoms with Crippen molar-refractivity contribution in [2.75, 3.05) is 39.3 Å². The summed E-state index contributed by atoms with van der Waals surface area (Å²) < 4.78 is 5.79. The van der Waals surface area contributed by atoms with Gasteiger partial charge in [0.25, 0.3) is 5.91 Å². The number of rotatable bonds is 5. The molecule has 134 valence electrons. The first-order chi connectivity index (χ1) is 11.5. The standard InChI is InChI=1S/C17H27N3O4/c1-3-7-18-17(23)16-15(22)5-4-14(24-16)6-8-19-9-11-20(12-10-19)13(2)21/h1,14-16,22H,4-12H2,2H3,(H,18,23)/t14-,15-,16-/m0/s1. The third-order valence-electron chi connectivity index (χ3n) is 4.68. The smallest absolute Gasteiger partial charge is 0.252 e. The van der Waals surface area contributed by atoms with Gasteiger partial charge in [-0.15, -0.1) is 6.42 Å². The Balaban J connectivity index is 1.74. The number of aliphatic hydroxyl groups excluding tert-OH is 1. The van der Waals surface area contributed by atoms with Crippen molar-refractivity contribution in [1.29, 1.82) is 0 Å². The largest absolute Gasteiger partial charge is 0.390 e. The molecule has 7 heteroatoms. The molecule has 0 aromatic rings. The minimum absolute atomic E-state index is 0.0409. The third-order valence-corrected chi connectivity index (χ3v) is 4.68. The van der Waals surface area contributed by atoms with Crippen molar-refractivity contribution in [3.05, 3.63) is 0 Å². The van der Waals surface area contributed by atoms with E-state index in [2.05, 4.69) is 16.1 Å². The maximum Gasteiger partial charge on any atom is 0.252 e. The SMILES string of the molecule is C#CCNC(=O)[C@H]1O[C@H](CCN2CCN(C(C)=O)CC2)CC[C@@H]1O. The Bertz CT molecular complexity index is 483. The van der Waals surface area contributed by atoms with Crippen LogP contribution in [0.25, 0.3) is 0 Å². The zero-order chi connectivity index (χ0) is 17.5. The molecule has 2 aliphatic rings. The highest BCUT2D eigenvalue weighted by Gasteiger charge is 2.35. The second-order valence-corrected chi connectivity index (χ2v) is 6.38. The van der Waals surface area contributed by atoms with E-state index in [1.54, 1.807) is 6.92 Å². The Hall–Kier alpha value is -1.62. The molecule has 2 aliphatic heterocycles. The molecule has 3 atom stereocenters. The van der Waals surface area contributed by atoms with Gasteiger partial charge in [0.15, 0.2) is 6.10 Å². The fraction of sp³-hybridized carbons (Fsp3) is 0.765. The molecule has 2 N–H and O–H groups in total. The van der Waals surface area contributed by atoms with E-state index in [1.807, 2.05) is 4.90 Å². The molecule has 0 saturated carbocycles. The van der Waals surface area contributed by atoms with E-state index in [4.69, 9.17) is 11.2 Å². The second-order valence-electron chi connectivity index (χ2n) is 6.38. The van der Waals surface area contributed by atoms with Crippen molar-refractivity contribution in [3.63, 3.8) is 0 Å². The number of hydrogen-bond acceptors (Lipinski definition) is 5. The van der Waals surface area contributed by atoms with Crippen molar-refractivity contribution in [2.24, 2.45) is 0 Å². The predicted octanol–water partition coefficient (Wildman–Crippen LogP) is -0.801. The van der Waals surface area contributed by atoms with Gasteiger partial charge in [0, 0.05) is 39.6 Å². The lowest BCUT2D eigenvalue weighted by molar-refractivity contribution is -0.158. The summed E-state index contributed by atoms with van der Waals surface area (Å²) >= 11 is 0. The average molecular weight is 337 g/mol. The topological polar surface area (TPSA) is 82.1 Å². The number of terminal acetylenes is 1. The molecular formula is C17H27N3O4. The minimum Gasteiger partial charge on any atom is -0.390 e. The monoisotopic (exact) mass is 337 g/mol. The van der Waals surface area contributed by atoms with Gasteiger partial charge in [0.05, 0.1) is 18.8 Å². The summed E-state index contributed by atoms with van der Waals surface area (Å²) in [6.45, 7) is 5.85. The van der Waals surface area contributed by atoms with Crippen LogP contribution in [0.1, 0.15) is 26.2 Å². The van der Waals surface area contributed by atoms with Crippen molar-refractivity contribution in [1.82, 2.24) is 15.1 Å². The van der Waals surface area contributed by atoms with E-state index in [9.17, 15) is 14.7 Å². The van der Waals surface area contributed by atoms with E-state index in [-0.39, 0.29) is 24.5 Å². The van der Waals surface area contributed by atoms with Crippen LogP contribution in [0.5, 0.6) is 0 Å². The Kier molecular flexibility index (Phi) is 7.03. The van der Waals surface area contributed by atoms with Gasteiger partial charge in [-0.1, -0.05) is 5.92 Å². The molecule has 0 bridgehead atoms. The highest BCUT2D eigenvalue weighted by atomic mass is 16.5. The molecule has 0 aromatic carbocycles. The summed E-state index contributed by atoms with van der Waals surface area (Å²) in [7, 11) is 0. The summed E-state index contributed by atoms with van der Waals surface area (Å²) in [6.07, 6.45) is 5.57. The van der Waals surface area contributed by atoms with Crippen LogP contribution in [0, 0.1) is 12.3 Å². The first-order valence-electron chi connectivity index (χ1n) is 8.54. The normalized spacial score (nSPS) is 28.2. The number of carbonyl (C=O) groups is 2. The second kappa shape index (κ2) is 9.02. The zero-order valence-electron chi connectivity index (χ0n) is 14.2. The van der Waals surface area contributed by atoms with Crippen LogP contribution in [0.4, 0.5) is 0 Å². The summed E-state index contributed by atoms with van der Waals surface area (Å²) in [5.74, 6) is 2.12. The Morgan fingerprint density at radius 3 is 2.62 bits per heavy atom. The maximum absolute atomic E-state index is 12.0. The number of nitrogens with one attached hydrogen (secondary N) is 1. The number of hydrogen-bond donors (Lipinski definition) is 2. The van der Waals surface area contributed by atoms with Gasteiger partial charge in [0.2, 0.25) is 5.91 Å². The average Bonchev–Trinajstić information content (AvgIpc) is 2.59. The van der Waals surface area contributed by atoms with Crippen LogP contribution in [0.15, 0.2) is 0 Å². The lowest BCUT2D eigenvalue weighted by Crippen LogP contribution is -2.51. The van der Waals surface area contributed by atoms with Gasteiger partial charge >= 0.3 is 0 Å². The molecule has 2 saturated heterocycles. The van der Waals surface area contributed by atoms with E-state index >= 15 is 0 Å². The van der Waals surface area contributed by atoms with E-state index in [1.165, 1.54) is 0 Å². The predicted molar refractivity (Wildman–Crippen MR) is 89.1 cm³/mol. The first-order valence-corrected chi connectivity index (χ1v) is 8.54. The first kappa shape index (κ1) is 18.7. The van der Waals surface area contributed by atoms with Crippen molar-refractivity contribution >= 4 is 11.8 Å². The van der Waals surface area contributed by atoms with Crippen molar-refractivity contribution in [2.45, 2.75) is 44.5 Å². The molecule has 0 spiro atoms. The lowest BCUT2D eigenvalue weighted by atomic mass is 9.98. The Labute approximate surface area is 143 Å². The molecule has 0 aliphatic carbocycles. The summed E-state index contributed by atoms with van der Waals surface area (Å²) in [4.78, 5) is 27.5. The van der Waals surface area contributed by atoms with Crippen molar-refractivity contribution in [3.8, 4) is 12.3 Å². The van der Waals surface area contributed by atoms with Gasteiger partial charge in [-0.2, -0.15) is 0 Å². The van der Waals surface area contributed by atoms with Crippen LogP contribution in [-0.2, 0) is 14.3 Å². The number of piperazine rings is 1. The van der Waals surface area contributed by atoms with E-state index < -0.39 is 12.2 Å². The highest BCUT2D eigenvalue weighted by Crippen LogP contribution is 2.22. The van der Waals surface area contributed by atoms with Crippen LogP contribution in [0.2, 0.25) is 0 Å². The summed E-state index contributed by atoms with van der Waals surface area (Å²) in [5, 5.41) is 12.5. The zero-order valence-corrected chi connectivity index (χ0v) is 14.2. The molecule has 2 heterocycles. The summed E-state index contributed by atoms with van der Waals surface area (Å²) in [6, 6.07) is 0. The molecule has 0 unspecified atom stereocenters. The minimum atomic E-state index is -0.841. The van der Waals surface area contributed by atoms with Gasteiger partial charge in [-0.05, 0) is 19.3 Å². The number of ether oxygens (including phenoxy) is 1. The molecule has 0 aromatic heterocycles. The fourth-order valence-electron chi connectivity index (χ4n) is 3.17. The van der Waals surface area contributed by atoms with Gasteiger partial charge in [-0.25, -0.2) is 0 Å². The van der Waals surface area contributed by atoms with Gasteiger partial charge in [0.1, 0.15) is 0 Å². The number of carbonyl (C=O) groups excluding carboxylic acids is 2. The van der Waals surface area contributed by atoms with E-state index in [0.717, 1.165) is 45.6 Å². The van der Waals surface area contributed by atoms with Crippen LogP contribution >= 0.6 is 0 Å². The fourth-order valence-corrected chi connectivity index (χ4v) is 3.17. The molecule has 2 amide bonds. The molecule has 24 heavy (non-hydrogen) atoms. The van der Waals surface area contributed by atoms with Crippen LogP contribution < -0.4 is 5.32 Å². The number of nitrogens with zero attached hydrogens (tertiary/aromatic N) is 2. The molecular weight excluding hydrogens is 310 g/mol. The van der Waals surface area contributed by atoms with Crippen LogP contribution in [0.3, 0.4) is 0 Å². The summed E-state index contributed by atoms with van der Waals surface area (Å²) in [5.41, 5.74) is 0. The quantitative estimate of drug-likeness (QED) is 0.642. The number of aliphatic hydroxyl groups is 1. The molecule has 2 fully saturated rings. The lowest BCUT2D eigenvalue weighted by Gasteiger charge is -2.36. The van der Waals surface area contributed by atoms with Gasteiger partial charge in [-0.3, -0.25) is 14.5 Å². The van der Waals surface area contributed by atoms with Gasteiger partial charge < -0.3 is 20.1 Å². The number of amides is 2. The Morgan fingerprint density at radius 1 is 1.29 bits per heavy atom. The van der Waals surface area contributed by atoms with E-state index in [0.29, 0.717) is 6.42 Å². The van der Waals surface area contributed by atoms with Crippen LogP contribution in [-0.4, -0.2) is 84.3 Å². The molecule has 7 nitrogen and oxygen atoms in total. The molecule has 0 radical (unpaired) electrons. The Morgan fingerprint density at radius 2 is 2.00 bits per heavy atom. The maximum atomic E-state index is 12.0.